The third kappa shape index (κ3) is 9.16. The lowest BCUT2D eigenvalue weighted by Gasteiger charge is -2.26. The van der Waals surface area contributed by atoms with Gasteiger partial charge in [0.05, 0.1) is 6.42 Å². The van der Waals surface area contributed by atoms with Crippen molar-refractivity contribution >= 4 is 57.1 Å². The second kappa shape index (κ2) is 14.6. The summed E-state index contributed by atoms with van der Waals surface area (Å²) in [6.45, 7) is 4.34. The Bertz CT molecular complexity index is 984. The molecule has 0 aromatic carbocycles. The first kappa shape index (κ1) is 30.8. The number of nitrogens with zero attached hydrogens (tertiary/aromatic N) is 1. The van der Waals surface area contributed by atoms with Crippen LogP contribution in [0.25, 0.3) is 0 Å². The van der Waals surface area contributed by atoms with Crippen LogP contribution in [0.4, 0.5) is 0 Å². The molecular formula is C25H37N5O7S2. The molecule has 2 heterocycles. The minimum Gasteiger partial charge on any atom is -0.456 e. The van der Waals surface area contributed by atoms with Gasteiger partial charge in [-0.05, 0) is 45.6 Å². The van der Waals surface area contributed by atoms with Gasteiger partial charge < -0.3 is 30.9 Å². The second-order valence-corrected chi connectivity index (χ2v) is 12.2. The zero-order valence-corrected chi connectivity index (χ0v) is 23.9. The fourth-order valence-electron chi connectivity index (χ4n) is 4.24. The molecule has 4 N–H and O–H groups in total. The van der Waals surface area contributed by atoms with Gasteiger partial charge in [0.25, 0.3) is 0 Å². The lowest BCUT2D eigenvalue weighted by molar-refractivity contribution is -0.148. The van der Waals surface area contributed by atoms with Gasteiger partial charge >= 0.3 is 5.97 Å². The summed E-state index contributed by atoms with van der Waals surface area (Å²) in [5, 5.41) is 10.7. The number of amides is 5. The predicted molar refractivity (Wildman–Crippen MR) is 147 cm³/mol. The summed E-state index contributed by atoms with van der Waals surface area (Å²) in [4.78, 5) is 79.2. The first-order chi connectivity index (χ1) is 18.7. The number of hydrogen-bond acceptors (Lipinski definition) is 9. The van der Waals surface area contributed by atoms with Crippen LogP contribution >= 0.6 is 21.6 Å². The van der Waals surface area contributed by atoms with Gasteiger partial charge in [-0.25, -0.2) is 0 Å². The summed E-state index contributed by atoms with van der Waals surface area (Å²) in [6.07, 6.45) is 3.75. The number of fused-ring (bicyclic) bond motifs is 7. The Morgan fingerprint density at radius 2 is 1.82 bits per heavy atom. The van der Waals surface area contributed by atoms with E-state index in [1.807, 2.05) is 19.9 Å². The highest BCUT2D eigenvalue weighted by Crippen LogP contribution is 2.36. The lowest BCUT2D eigenvalue weighted by atomic mass is 10.1. The molecule has 3 aliphatic rings. The van der Waals surface area contributed by atoms with Crippen LogP contribution in [-0.2, 0) is 33.5 Å². The van der Waals surface area contributed by atoms with E-state index in [1.54, 1.807) is 11.0 Å². The summed E-state index contributed by atoms with van der Waals surface area (Å²) >= 11 is 0. The Morgan fingerprint density at radius 3 is 2.51 bits per heavy atom. The van der Waals surface area contributed by atoms with Crippen molar-refractivity contribution in [2.24, 2.45) is 0 Å². The van der Waals surface area contributed by atoms with E-state index in [2.05, 4.69) is 21.3 Å². The van der Waals surface area contributed by atoms with E-state index in [4.69, 9.17) is 4.74 Å². The Morgan fingerprint density at radius 1 is 1.08 bits per heavy atom. The average Bonchev–Trinajstić information content (AvgIpc) is 3.68. The minimum atomic E-state index is -1.15. The van der Waals surface area contributed by atoms with Crippen LogP contribution in [-0.4, -0.2) is 95.3 Å². The van der Waals surface area contributed by atoms with Gasteiger partial charge in [-0.1, -0.05) is 27.7 Å². The topological polar surface area (TPSA) is 163 Å². The van der Waals surface area contributed by atoms with Crippen molar-refractivity contribution in [3.05, 3.63) is 12.2 Å². The van der Waals surface area contributed by atoms with Gasteiger partial charge in [0.1, 0.15) is 30.3 Å². The molecule has 3 atom stereocenters. The first-order valence-corrected chi connectivity index (χ1v) is 15.7. The van der Waals surface area contributed by atoms with Gasteiger partial charge in [0.2, 0.25) is 29.5 Å². The molecule has 216 valence electrons. The molecule has 3 rings (SSSR count). The van der Waals surface area contributed by atoms with Gasteiger partial charge in [-0.15, -0.1) is 0 Å². The Hall–Kier alpha value is -2.74. The van der Waals surface area contributed by atoms with Crippen molar-refractivity contribution < 1.29 is 33.5 Å². The van der Waals surface area contributed by atoms with Crippen LogP contribution in [0.5, 0.6) is 0 Å². The molecule has 39 heavy (non-hydrogen) atoms. The van der Waals surface area contributed by atoms with E-state index in [9.17, 15) is 28.8 Å². The van der Waals surface area contributed by atoms with Crippen LogP contribution in [0, 0.1) is 0 Å². The number of carbonyl (C=O) groups excluding carboxylic acids is 6. The fraction of sp³-hybridized carbons (Fsp3) is 0.680. The Kier molecular flexibility index (Phi) is 11.5. The van der Waals surface area contributed by atoms with E-state index in [-0.39, 0.29) is 30.9 Å². The van der Waals surface area contributed by atoms with Crippen molar-refractivity contribution in [2.75, 3.05) is 31.1 Å². The number of hydrogen-bond donors (Lipinski definition) is 4. The summed E-state index contributed by atoms with van der Waals surface area (Å²) in [6, 6.07) is -2.08. The van der Waals surface area contributed by atoms with Crippen molar-refractivity contribution in [3.8, 4) is 0 Å². The molecule has 14 heteroatoms. The highest BCUT2D eigenvalue weighted by molar-refractivity contribution is 8.76. The molecule has 0 radical (unpaired) electrons. The molecule has 0 unspecified atom stereocenters. The maximum atomic E-state index is 13.4. The molecule has 5 amide bonds. The van der Waals surface area contributed by atoms with Crippen LogP contribution in [0.1, 0.15) is 52.4 Å². The van der Waals surface area contributed by atoms with E-state index in [0.717, 1.165) is 0 Å². The van der Waals surface area contributed by atoms with Crippen LogP contribution < -0.4 is 21.3 Å². The number of rotatable bonds is 5. The average molecular weight is 584 g/mol. The standard InChI is InChI=1S/C25H37N5O7S2/c1-3-30(4-2)20(32)9-8-17-22(34)28-18-15-39-38-12-6-5-7-16(13-19(31)27-17)37-21(33)14-26-24(36)25(10-11-25)29-23(18)35/h5,7,16-18H,3-4,6,8-15H2,1-2H3,(H,26,36)(H,27,31)(H,28,34)(H,29,35)/t16-,17-,18-/m1/s1. The molecule has 2 fully saturated rings. The van der Waals surface area contributed by atoms with Crippen LogP contribution in [0.2, 0.25) is 0 Å². The summed E-state index contributed by atoms with van der Waals surface area (Å²) < 4.78 is 5.45. The SMILES string of the molecule is CCN(CC)C(=O)CC[C@H]1NC(=O)C[C@H]2C=CCCSSC[C@@H](NC1=O)C(=O)NC1(CC1)C(=O)NCC(=O)O2. The number of ether oxygens (including phenoxy) is 1. The van der Waals surface area contributed by atoms with Gasteiger partial charge in [-0.3, -0.25) is 28.8 Å². The zero-order valence-electron chi connectivity index (χ0n) is 22.3. The van der Waals surface area contributed by atoms with Gasteiger partial charge in [0.15, 0.2) is 0 Å². The smallest absolute Gasteiger partial charge is 0.326 e. The number of carbonyl (C=O) groups is 6. The van der Waals surface area contributed by atoms with Crippen LogP contribution in [0.3, 0.4) is 0 Å². The maximum absolute atomic E-state index is 13.4. The third-order valence-electron chi connectivity index (χ3n) is 6.69. The molecule has 12 nitrogen and oxygen atoms in total. The molecule has 2 bridgehead atoms. The highest BCUT2D eigenvalue weighted by atomic mass is 33.1. The maximum Gasteiger partial charge on any atom is 0.326 e. The normalized spacial score (nSPS) is 26.4. The monoisotopic (exact) mass is 583 g/mol. The van der Waals surface area contributed by atoms with Gasteiger partial charge in [0, 0.05) is 31.0 Å². The first-order valence-electron chi connectivity index (χ1n) is 13.3. The number of nitrogens with one attached hydrogen (secondary N) is 4. The van der Waals surface area contributed by atoms with Crippen molar-refractivity contribution in [1.82, 2.24) is 26.2 Å². The highest BCUT2D eigenvalue weighted by Gasteiger charge is 2.52. The van der Waals surface area contributed by atoms with Crippen molar-refractivity contribution in [2.45, 2.75) is 76.1 Å². The molecule has 1 spiro atoms. The van der Waals surface area contributed by atoms with E-state index >= 15 is 0 Å². The van der Waals surface area contributed by atoms with E-state index < -0.39 is 59.9 Å². The van der Waals surface area contributed by atoms with Crippen molar-refractivity contribution in [3.63, 3.8) is 0 Å². The molecule has 0 aromatic rings. The number of allylic oxidation sites excluding steroid dienone is 1. The summed E-state index contributed by atoms with van der Waals surface area (Å²) in [5.74, 6) is -2.17. The third-order valence-corrected chi connectivity index (χ3v) is 9.14. The second-order valence-electron chi connectivity index (χ2n) is 9.60. The quantitative estimate of drug-likeness (QED) is 0.199. The Labute approximate surface area is 235 Å². The van der Waals surface area contributed by atoms with Crippen molar-refractivity contribution in [1.29, 1.82) is 0 Å². The largest absolute Gasteiger partial charge is 0.456 e. The molecular weight excluding hydrogens is 546 g/mol. The number of esters is 1. The molecule has 1 saturated carbocycles. The molecule has 0 aromatic heterocycles. The predicted octanol–water partition coefficient (Wildman–Crippen LogP) is 0.0264. The molecule has 2 aliphatic heterocycles. The lowest BCUT2D eigenvalue weighted by Crippen LogP contribution is -2.59. The van der Waals surface area contributed by atoms with Gasteiger partial charge in [-0.2, -0.15) is 0 Å². The van der Waals surface area contributed by atoms with Crippen LogP contribution in [0.15, 0.2) is 12.2 Å². The Balaban J connectivity index is 1.90. The zero-order chi connectivity index (χ0) is 28.4. The molecule has 1 saturated heterocycles. The summed E-state index contributed by atoms with van der Waals surface area (Å²) in [7, 11) is 2.92. The summed E-state index contributed by atoms with van der Waals surface area (Å²) in [5.41, 5.74) is -1.15. The van der Waals surface area contributed by atoms with E-state index in [0.29, 0.717) is 38.1 Å². The molecule has 1 aliphatic carbocycles. The minimum absolute atomic E-state index is 0.0170. The van der Waals surface area contributed by atoms with E-state index in [1.165, 1.54) is 21.6 Å². The fourth-order valence-corrected chi connectivity index (χ4v) is 6.40.